The summed E-state index contributed by atoms with van der Waals surface area (Å²) in [4.78, 5) is 24.7. The molecule has 2 amide bonds. The maximum atomic E-state index is 12.5. The van der Waals surface area contributed by atoms with E-state index in [0.717, 1.165) is 10.0 Å². The van der Waals surface area contributed by atoms with Gasteiger partial charge in [-0.15, -0.1) is 0 Å². The molecule has 1 aliphatic rings. The molecule has 0 bridgehead atoms. The summed E-state index contributed by atoms with van der Waals surface area (Å²) in [6, 6.07) is 12.7. The number of methoxy groups -OCH3 is 1. The second kappa shape index (κ2) is 16.4. The van der Waals surface area contributed by atoms with E-state index >= 15 is 0 Å². The van der Waals surface area contributed by atoms with Crippen LogP contribution in [0.4, 0.5) is 4.79 Å². The number of carbonyl (C=O) groups is 2. The van der Waals surface area contributed by atoms with Crippen LogP contribution in [0.5, 0.6) is 17.2 Å². The van der Waals surface area contributed by atoms with Gasteiger partial charge >= 0.3 is 12.0 Å². The summed E-state index contributed by atoms with van der Waals surface area (Å²) in [6.45, 7) is 3.79. The number of urea groups is 1. The highest BCUT2D eigenvalue weighted by Crippen LogP contribution is 2.35. The molecule has 3 aromatic rings. The number of carbonyl (C=O) groups excluding carboxylic acids is 2. The monoisotopic (exact) mass is 798 g/mol. The van der Waals surface area contributed by atoms with Gasteiger partial charge in [-0.25, -0.2) is 9.59 Å². The Kier molecular flexibility index (Phi) is 12.6. The Morgan fingerprint density at radius 2 is 1.87 bits per heavy atom. The van der Waals surface area contributed by atoms with Crippen LogP contribution in [0.1, 0.15) is 36.6 Å². The van der Waals surface area contributed by atoms with Crippen LogP contribution < -0.4 is 30.3 Å². The van der Waals surface area contributed by atoms with Crippen molar-refractivity contribution in [1.82, 2.24) is 16.1 Å². The Hall–Kier alpha value is -3.49. The maximum Gasteiger partial charge on any atom is 0.337 e. The molecule has 4 N–H and O–H groups in total. The van der Waals surface area contributed by atoms with Crippen molar-refractivity contribution in [3.63, 3.8) is 0 Å². The first-order valence-corrected chi connectivity index (χ1v) is 16.1. The number of hydrogen-bond acceptors (Lipinski definition) is 9. The van der Waals surface area contributed by atoms with Gasteiger partial charge in [0, 0.05) is 15.7 Å². The minimum absolute atomic E-state index is 0.184. The van der Waals surface area contributed by atoms with E-state index in [0.29, 0.717) is 55.2 Å². The van der Waals surface area contributed by atoms with E-state index in [9.17, 15) is 14.7 Å². The normalized spacial score (nSPS) is 15.2. The van der Waals surface area contributed by atoms with Gasteiger partial charge < -0.3 is 34.7 Å². The number of aliphatic hydroxyl groups excluding tert-OH is 1. The van der Waals surface area contributed by atoms with Gasteiger partial charge in [-0.3, -0.25) is 5.43 Å². The van der Waals surface area contributed by atoms with Gasteiger partial charge in [0.05, 0.1) is 46.1 Å². The number of nitrogens with zero attached hydrogens (tertiary/aromatic N) is 1. The minimum Gasteiger partial charge on any atom is -0.490 e. The smallest absolute Gasteiger partial charge is 0.337 e. The molecule has 2 atom stereocenters. The lowest BCUT2D eigenvalue weighted by Gasteiger charge is -2.28. The van der Waals surface area contributed by atoms with Gasteiger partial charge in [0.1, 0.15) is 19.0 Å². The number of aliphatic hydroxyl groups is 1. The number of esters is 1. The highest BCUT2D eigenvalue weighted by Gasteiger charge is 2.32. The summed E-state index contributed by atoms with van der Waals surface area (Å²) in [7, 11) is 1.27. The predicted molar refractivity (Wildman–Crippen MR) is 182 cm³/mol. The molecule has 4 rings (SSSR count). The van der Waals surface area contributed by atoms with Gasteiger partial charge in [-0.05, 0) is 77.3 Å². The second-order valence-electron chi connectivity index (χ2n) is 9.76. The first-order chi connectivity index (χ1) is 22.0. The Balaban J connectivity index is 1.43. The fraction of sp³-hybridized carbons (Fsp3) is 0.258. The third-order valence-corrected chi connectivity index (χ3v) is 8.29. The van der Waals surface area contributed by atoms with Crippen LogP contribution in [0.3, 0.4) is 0 Å². The van der Waals surface area contributed by atoms with Crippen LogP contribution in [0, 0.1) is 0 Å². The predicted octanol–water partition coefficient (Wildman–Crippen LogP) is 6.62. The molecule has 11 nitrogen and oxygen atoms in total. The molecule has 0 unspecified atom stereocenters. The summed E-state index contributed by atoms with van der Waals surface area (Å²) in [6.07, 6.45) is 0.312. The fourth-order valence-electron chi connectivity index (χ4n) is 4.43. The number of ether oxygens (including phenoxy) is 4. The molecule has 0 radical (unpaired) electrons. The van der Waals surface area contributed by atoms with E-state index in [4.69, 9.17) is 42.1 Å². The average molecular weight is 801 g/mol. The molecule has 1 heterocycles. The van der Waals surface area contributed by atoms with Crippen molar-refractivity contribution in [2.75, 3.05) is 20.3 Å². The van der Waals surface area contributed by atoms with Crippen molar-refractivity contribution in [1.29, 1.82) is 0 Å². The number of benzene rings is 3. The topological polar surface area (TPSA) is 140 Å². The number of hydrazone groups is 1. The summed E-state index contributed by atoms with van der Waals surface area (Å²) < 4.78 is 24.0. The lowest BCUT2D eigenvalue weighted by molar-refractivity contribution is -0.136. The number of rotatable bonds is 13. The minimum atomic E-state index is -1.19. The Morgan fingerprint density at radius 1 is 1.09 bits per heavy atom. The lowest BCUT2D eigenvalue weighted by atomic mass is 9.95. The van der Waals surface area contributed by atoms with Crippen LogP contribution in [0.2, 0.25) is 10.0 Å². The molecule has 46 heavy (non-hydrogen) atoms. The van der Waals surface area contributed by atoms with Crippen molar-refractivity contribution >= 4 is 73.3 Å². The van der Waals surface area contributed by atoms with E-state index in [-0.39, 0.29) is 18.8 Å². The van der Waals surface area contributed by atoms with Crippen molar-refractivity contribution in [2.45, 2.75) is 32.7 Å². The fourth-order valence-corrected chi connectivity index (χ4v) is 6.12. The summed E-state index contributed by atoms with van der Waals surface area (Å²) in [5.74, 6) is 0.638. The molecule has 0 spiro atoms. The van der Waals surface area contributed by atoms with Gasteiger partial charge in [-0.1, -0.05) is 51.3 Å². The number of halogens is 4. The number of allylic oxidation sites excluding steroid dienone is 1. The first kappa shape index (κ1) is 35.4. The van der Waals surface area contributed by atoms with Gasteiger partial charge in [0.15, 0.2) is 17.7 Å². The van der Waals surface area contributed by atoms with Crippen LogP contribution in [0.25, 0.3) is 0 Å². The zero-order valence-electron chi connectivity index (χ0n) is 24.8. The number of hydrogen-bond donors (Lipinski definition) is 4. The van der Waals surface area contributed by atoms with E-state index < -0.39 is 24.3 Å². The largest absolute Gasteiger partial charge is 0.490 e. The molecule has 0 saturated heterocycles. The molecule has 0 aromatic heterocycles. The third-order valence-electron chi connectivity index (χ3n) is 6.50. The van der Waals surface area contributed by atoms with Crippen LogP contribution >= 0.6 is 55.1 Å². The van der Waals surface area contributed by atoms with Crippen LogP contribution in [-0.4, -0.2) is 49.9 Å². The molecular formula is C31H30Br2Cl2N4O7. The highest BCUT2D eigenvalue weighted by molar-refractivity contribution is 9.11. The van der Waals surface area contributed by atoms with Gasteiger partial charge in [-0.2, -0.15) is 5.10 Å². The number of nitrogens with one attached hydrogen (secondary N) is 3. The maximum absolute atomic E-state index is 12.5. The van der Waals surface area contributed by atoms with E-state index in [2.05, 4.69) is 53.0 Å². The average Bonchev–Trinajstić information content (AvgIpc) is 3.01. The van der Waals surface area contributed by atoms with E-state index in [1.54, 1.807) is 44.2 Å². The Bertz CT molecular complexity index is 1670. The standard InChI is InChI=1S/C31H30Br2Cl2N4O7/c1-4-44-25-11-18(28-27(30(41)43-3)16(2)37-31(42)38-28)6-8-24(25)45-15-26(40)39-36-13-19-10-20(32)12-21(33)29(19)46-14-17-5-7-22(34)23(35)9-17/h5-13,26,28,39-40H,4,14-15H2,1-3H3,(H2,37,38,42)/b36-13+/t26-,28+/m1/s1. The Morgan fingerprint density at radius 3 is 2.59 bits per heavy atom. The van der Waals surface area contributed by atoms with Gasteiger partial charge in [0.25, 0.3) is 0 Å². The second-order valence-corrected chi connectivity index (χ2v) is 12.3. The zero-order valence-corrected chi connectivity index (χ0v) is 29.5. The molecule has 15 heteroatoms. The molecule has 3 aromatic carbocycles. The van der Waals surface area contributed by atoms with Crippen molar-refractivity contribution in [3.8, 4) is 17.2 Å². The number of amides is 2. The van der Waals surface area contributed by atoms with Crippen molar-refractivity contribution < 1.29 is 33.6 Å². The van der Waals surface area contributed by atoms with Gasteiger partial charge in [0.2, 0.25) is 0 Å². The van der Waals surface area contributed by atoms with E-state index in [1.165, 1.54) is 13.3 Å². The molecule has 0 aliphatic carbocycles. The summed E-state index contributed by atoms with van der Waals surface area (Å²) in [5, 5.41) is 20.9. The molecular weight excluding hydrogens is 771 g/mol. The molecule has 0 fully saturated rings. The summed E-state index contributed by atoms with van der Waals surface area (Å²) >= 11 is 19.1. The quantitative estimate of drug-likeness (QED) is 0.0656. The van der Waals surface area contributed by atoms with Crippen molar-refractivity contribution in [3.05, 3.63) is 95.5 Å². The molecule has 1 aliphatic heterocycles. The van der Waals surface area contributed by atoms with Crippen LogP contribution in [0.15, 0.2) is 73.8 Å². The molecule has 244 valence electrons. The van der Waals surface area contributed by atoms with E-state index in [1.807, 2.05) is 18.2 Å². The van der Waals surface area contributed by atoms with Crippen molar-refractivity contribution in [2.24, 2.45) is 5.10 Å². The SMILES string of the molecule is CCOc1cc([C@@H]2NC(=O)NC(C)=C2C(=O)OC)ccc1OC[C@@H](O)N/N=C/c1cc(Br)cc(Br)c1OCc1ccc(Cl)c(Cl)c1. The Labute approximate surface area is 292 Å². The first-order valence-electron chi connectivity index (χ1n) is 13.8. The zero-order chi connectivity index (χ0) is 33.4. The lowest BCUT2D eigenvalue weighted by Crippen LogP contribution is -2.45. The molecule has 0 saturated carbocycles. The summed E-state index contributed by atoms with van der Waals surface area (Å²) in [5.41, 5.74) is 5.30. The van der Waals surface area contributed by atoms with Crippen LogP contribution in [-0.2, 0) is 16.1 Å². The highest BCUT2D eigenvalue weighted by atomic mass is 79.9. The third kappa shape index (κ3) is 9.07.